The van der Waals surface area contributed by atoms with Crippen molar-refractivity contribution < 1.29 is 8.78 Å². The fourth-order valence-electron chi connectivity index (χ4n) is 1.46. The summed E-state index contributed by atoms with van der Waals surface area (Å²) < 4.78 is 28.0. The van der Waals surface area contributed by atoms with Gasteiger partial charge in [-0.2, -0.15) is 4.98 Å². The number of halogens is 3. The summed E-state index contributed by atoms with van der Waals surface area (Å²) in [4.78, 5) is 8.05. The maximum absolute atomic E-state index is 13.9. The number of hydrogen-bond acceptors (Lipinski definition) is 4. The second-order valence-electron chi connectivity index (χ2n) is 3.82. The molecule has 0 aliphatic heterocycles. The molecule has 1 aromatic carbocycles. The molecule has 0 radical (unpaired) electrons. The third-order valence-electron chi connectivity index (χ3n) is 2.50. The van der Waals surface area contributed by atoms with Crippen LogP contribution < -0.4 is 10.6 Å². The Labute approximate surface area is 117 Å². The minimum atomic E-state index is -0.681. The Hall–Kier alpha value is -1.76. The molecular formula is C12H11BrF2N4. The predicted molar refractivity (Wildman–Crippen MR) is 73.7 cm³/mol. The van der Waals surface area contributed by atoms with Crippen LogP contribution >= 0.6 is 15.9 Å². The van der Waals surface area contributed by atoms with Crippen LogP contribution in [0.4, 0.5) is 26.2 Å². The van der Waals surface area contributed by atoms with Crippen LogP contribution in [0.3, 0.4) is 0 Å². The van der Waals surface area contributed by atoms with Crippen molar-refractivity contribution in [3.05, 3.63) is 40.0 Å². The Bertz CT molecular complexity index is 619. The van der Waals surface area contributed by atoms with Gasteiger partial charge < -0.3 is 10.6 Å². The lowest BCUT2D eigenvalue weighted by Gasteiger charge is -2.11. The molecular weight excluding hydrogens is 318 g/mol. The van der Waals surface area contributed by atoms with E-state index < -0.39 is 11.6 Å². The molecule has 0 fully saturated rings. The van der Waals surface area contributed by atoms with E-state index >= 15 is 0 Å². The van der Waals surface area contributed by atoms with Crippen LogP contribution in [-0.2, 0) is 0 Å². The lowest BCUT2D eigenvalue weighted by molar-refractivity contribution is 0.584. The number of aromatic nitrogens is 2. The molecule has 0 aliphatic carbocycles. The maximum Gasteiger partial charge on any atom is 0.224 e. The van der Waals surface area contributed by atoms with Crippen LogP contribution in [0, 0.1) is 18.6 Å². The Balaban J connectivity index is 2.44. The molecule has 19 heavy (non-hydrogen) atoms. The van der Waals surface area contributed by atoms with Gasteiger partial charge in [-0.15, -0.1) is 0 Å². The first-order chi connectivity index (χ1) is 9.02. The zero-order valence-corrected chi connectivity index (χ0v) is 11.8. The number of nitrogens with one attached hydrogen (secondary N) is 2. The number of hydrogen-bond donors (Lipinski definition) is 2. The van der Waals surface area contributed by atoms with E-state index in [1.165, 1.54) is 18.3 Å². The third-order valence-corrected chi connectivity index (χ3v) is 3.08. The van der Waals surface area contributed by atoms with E-state index in [0.717, 1.165) is 0 Å². The quantitative estimate of drug-likeness (QED) is 0.903. The van der Waals surface area contributed by atoms with Crippen LogP contribution in [0.2, 0.25) is 0 Å². The van der Waals surface area contributed by atoms with Gasteiger partial charge in [-0.25, -0.2) is 13.8 Å². The molecule has 4 nitrogen and oxygen atoms in total. The molecule has 0 aliphatic rings. The molecule has 100 valence electrons. The SMILES string of the molecule is CNc1ncc(Br)c(Nc2c(F)ccc(C)c2F)n1. The van der Waals surface area contributed by atoms with Crippen LogP contribution in [-0.4, -0.2) is 17.0 Å². The van der Waals surface area contributed by atoms with E-state index in [-0.39, 0.29) is 11.5 Å². The monoisotopic (exact) mass is 328 g/mol. The highest BCUT2D eigenvalue weighted by molar-refractivity contribution is 9.10. The molecule has 2 aromatic rings. The molecule has 0 spiro atoms. The van der Waals surface area contributed by atoms with Gasteiger partial charge >= 0.3 is 0 Å². The number of benzene rings is 1. The summed E-state index contributed by atoms with van der Waals surface area (Å²) >= 11 is 3.22. The number of rotatable bonds is 3. The predicted octanol–water partition coefficient (Wildman–Crippen LogP) is 3.61. The summed E-state index contributed by atoms with van der Waals surface area (Å²) in [6.45, 7) is 1.56. The lowest BCUT2D eigenvalue weighted by Crippen LogP contribution is -2.04. The molecule has 0 unspecified atom stereocenters. The van der Waals surface area contributed by atoms with E-state index in [1.54, 1.807) is 14.0 Å². The van der Waals surface area contributed by atoms with Crippen molar-refractivity contribution in [2.24, 2.45) is 0 Å². The minimum absolute atomic E-state index is 0.235. The standard InChI is InChI=1S/C12H11BrF2N4/c1-6-3-4-8(14)10(9(6)15)18-11-7(13)5-17-12(16-2)19-11/h3-5H,1-2H3,(H2,16,17,18,19). The highest BCUT2D eigenvalue weighted by Gasteiger charge is 2.14. The van der Waals surface area contributed by atoms with Crippen molar-refractivity contribution in [2.75, 3.05) is 17.7 Å². The molecule has 0 bridgehead atoms. The molecule has 1 heterocycles. The molecule has 7 heteroatoms. The molecule has 2 N–H and O–H groups in total. The zero-order chi connectivity index (χ0) is 14.0. The summed E-state index contributed by atoms with van der Waals surface area (Å²) in [6.07, 6.45) is 1.49. The van der Waals surface area contributed by atoms with Crippen LogP contribution in [0.15, 0.2) is 22.8 Å². The second kappa shape index (κ2) is 5.48. The van der Waals surface area contributed by atoms with Gasteiger partial charge in [-0.1, -0.05) is 6.07 Å². The van der Waals surface area contributed by atoms with Gasteiger partial charge in [-0.3, -0.25) is 0 Å². The van der Waals surface area contributed by atoms with Crippen molar-refractivity contribution in [2.45, 2.75) is 6.92 Å². The second-order valence-corrected chi connectivity index (χ2v) is 4.67. The molecule has 0 saturated heterocycles. The lowest BCUT2D eigenvalue weighted by atomic mass is 10.2. The Morgan fingerprint density at radius 2 is 2.00 bits per heavy atom. The molecule has 0 saturated carbocycles. The molecule has 2 rings (SSSR count). The summed E-state index contributed by atoms with van der Waals surface area (Å²) in [5, 5.41) is 5.39. The fraction of sp³-hybridized carbons (Fsp3) is 0.167. The van der Waals surface area contributed by atoms with Crippen LogP contribution in [0.5, 0.6) is 0 Å². The maximum atomic E-state index is 13.9. The van der Waals surface area contributed by atoms with Gasteiger partial charge in [0.25, 0.3) is 0 Å². The summed E-state index contributed by atoms with van der Waals surface area (Å²) in [5.74, 6) is -0.696. The molecule has 1 aromatic heterocycles. The smallest absolute Gasteiger partial charge is 0.224 e. The third kappa shape index (κ3) is 2.81. The molecule has 0 amide bonds. The van der Waals surface area contributed by atoms with E-state index in [0.29, 0.717) is 16.0 Å². The van der Waals surface area contributed by atoms with Gasteiger partial charge in [0.2, 0.25) is 5.95 Å². The Morgan fingerprint density at radius 3 is 2.68 bits per heavy atom. The van der Waals surface area contributed by atoms with E-state index in [1.807, 2.05) is 0 Å². The Morgan fingerprint density at radius 1 is 1.26 bits per heavy atom. The first kappa shape index (κ1) is 13.7. The number of aryl methyl sites for hydroxylation is 1. The molecule has 0 atom stereocenters. The van der Waals surface area contributed by atoms with Crippen molar-refractivity contribution in [1.29, 1.82) is 0 Å². The largest absolute Gasteiger partial charge is 0.357 e. The fourth-order valence-corrected chi connectivity index (χ4v) is 1.76. The van der Waals surface area contributed by atoms with Crippen LogP contribution in [0.25, 0.3) is 0 Å². The zero-order valence-electron chi connectivity index (χ0n) is 10.3. The normalized spacial score (nSPS) is 10.4. The van der Waals surface area contributed by atoms with Gasteiger partial charge in [0, 0.05) is 13.2 Å². The minimum Gasteiger partial charge on any atom is -0.357 e. The summed E-state index contributed by atoms with van der Waals surface area (Å²) in [6, 6.07) is 2.58. The van der Waals surface area contributed by atoms with Gasteiger partial charge in [0.15, 0.2) is 11.6 Å². The number of anilines is 3. The van der Waals surface area contributed by atoms with Crippen molar-refractivity contribution in [1.82, 2.24) is 9.97 Å². The van der Waals surface area contributed by atoms with Gasteiger partial charge in [-0.05, 0) is 34.5 Å². The number of nitrogens with zero attached hydrogens (tertiary/aromatic N) is 2. The summed E-state index contributed by atoms with van der Waals surface area (Å²) in [5.41, 5.74) is 0.115. The van der Waals surface area contributed by atoms with Crippen molar-refractivity contribution >= 4 is 33.4 Å². The average molecular weight is 329 g/mol. The highest BCUT2D eigenvalue weighted by Crippen LogP contribution is 2.28. The van der Waals surface area contributed by atoms with Crippen molar-refractivity contribution in [3.63, 3.8) is 0 Å². The van der Waals surface area contributed by atoms with Crippen LogP contribution in [0.1, 0.15) is 5.56 Å². The first-order valence-corrected chi connectivity index (χ1v) is 6.24. The Kier molecular flexibility index (Phi) is 3.94. The first-order valence-electron chi connectivity index (χ1n) is 5.45. The summed E-state index contributed by atoms with van der Waals surface area (Å²) in [7, 11) is 1.65. The van der Waals surface area contributed by atoms with E-state index in [2.05, 4.69) is 36.5 Å². The van der Waals surface area contributed by atoms with E-state index in [9.17, 15) is 8.78 Å². The van der Waals surface area contributed by atoms with Gasteiger partial charge in [0.05, 0.1) is 4.47 Å². The van der Waals surface area contributed by atoms with Gasteiger partial charge in [0.1, 0.15) is 11.5 Å². The highest BCUT2D eigenvalue weighted by atomic mass is 79.9. The topological polar surface area (TPSA) is 49.8 Å². The average Bonchev–Trinajstić information content (AvgIpc) is 2.41. The van der Waals surface area contributed by atoms with Crippen molar-refractivity contribution in [3.8, 4) is 0 Å². The van der Waals surface area contributed by atoms with E-state index in [4.69, 9.17) is 0 Å².